The molecule has 0 radical (unpaired) electrons. The van der Waals surface area contributed by atoms with Gasteiger partial charge in [-0.25, -0.2) is 0 Å². The van der Waals surface area contributed by atoms with Gasteiger partial charge >= 0.3 is 0 Å². The summed E-state index contributed by atoms with van der Waals surface area (Å²) in [7, 11) is 0. The van der Waals surface area contributed by atoms with Crippen molar-refractivity contribution in [3.63, 3.8) is 0 Å². The molecule has 9 nitrogen and oxygen atoms in total. The van der Waals surface area contributed by atoms with Gasteiger partial charge in [-0.1, -0.05) is 36.3 Å². The summed E-state index contributed by atoms with van der Waals surface area (Å²) in [5.74, 6) is 2.31. The fourth-order valence-corrected chi connectivity index (χ4v) is 7.21. The molecular weight excluding hydrogens is 540 g/mol. The smallest absolute Gasteiger partial charge is 0.232 e. The summed E-state index contributed by atoms with van der Waals surface area (Å²) in [6.45, 7) is 3.64. The van der Waals surface area contributed by atoms with Crippen molar-refractivity contribution in [2.75, 3.05) is 6.61 Å². The molecule has 11 atom stereocenters. The molecule has 230 valence electrons. The first-order valence-electron chi connectivity index (χ1n) is 15.1. The number of benzene rings is 1. The molecule has 1 saturated heterocycles. The van der Waals surface area contributed by atoms with E-state index in [2.05, 4.69) is 18.6 Å². The van der Waals surface area contributed by atoms with E-state index in [4.69, 9.17) is 14.2 Å². The van der Waals surface area contributed by atoms with Gasteiger partial charge in [0.15, 0.2) is 5.60 Å². The highest BCUT2D eigenvalue weighted by Crippen LogP contribution is 2.49. The molecule has 0 unspecified atom stereocenters. The van der Waals surface area contributed by atoms with Crippen molar-refractivity contribution < 1.29 is 44.8 Å². The molecule has 2 bridgehead atoms. The largest absolute Gasteiger partial charge is 0.462 e. The highest BCUT2D eigenvalue weighted by molar-refractivity contribution is 5.29. The second-order valence-corrected chi connectivity index (χ2v) is 12.4. The van der Waals surface area contributed by atoms with Crippen LogP contribution < -0.4 is 4.74 Å². The molecule has 0 aromatic heterocycles. The van der Waals surface area contributed by atoms with E-state index in [9.17, 15) is 30.6 Å². The zero-order valence-electron chi connectivity index (χ0n) is 23.9. The molecule has 3 aliphatic heterocycles. The van der Waals surface area contributed by atoms with E-state index in [1.54, 1.807) is 18.2 Å². The van der Waals surface area contributed by atoms with E-state index in [-0.39, 0.29) is 37.7 Å². The number of allylic oxidation sites excluding steroid dienone is 2. The van der Waals surface area contributed by atoms with Crippen molar-refractivity contribution >= 4 is 0 Å². The average Bonchev–Trinajstić information content (AvgIpc) is 3.37. The van der Waals surface area contributed by atoms with Crippen LogP contribution >= 0.6 is 0 Å². The Morgan fingerprint density at radius 1 is 1.10 bits per heavy atom. The third-order valence-electron chi connectivity index (χ3n) is 9.62. The number of fused-ring (bicyclic) bond motifs is 9. The molecule has 1 saturated carbocycles. The van der Waals surface area contributed by atoms with E-state index in [0.29, 0.717) is 31.4 Å². The molecule has 42 heavy (non-hydrogen) atoms. The molecule has 0 amide bonds. The van der Waals surface area contributed by atoms with E-state index in [1.807, 2.05) is 24.3 Å². The van der Waals surface area contributed by atoms with Gasteiger partial charge in [0.05, 0.1) is 11.7 Å². The fourth-order valence-electron chi connectivity index (χ4n) is 7.21. The summed E-state index contributed by atoms with van der Waals surface area (Å²) in [5.41, 5.74) is -2.02. The number of ether oxygens (including phenoxy) is 3. The monoisotopic (exact) mass is 584 g/mol. The second kappa shape index (κ2) is 13.1. The van der Waals surface area contributed by atoms with E-state index in [1.165, 1.54) is 0 Å². The maximum Gasteiger partial charge on any atom is 0.232 e. The molecule has 3 heterocycles. The summed E-state index contributed by atoms with van der Waals surface area (Å²) < 4.78 is 18.2. The maximum absolute atomic E-state index is 12.2. The molecule has 1 aromatic rings. The highest BCUT2D eigenvalue weighted by atomic mass is 16.7. The lowest BCUT2D eigenvalue weighted by Crippen LogP contribution is -2.70. The zero-order valence-corrected chi connectivity index (χ0v) is 23.9. The van der Waals surface area contributed by atoms with Crippen molar-refractivity contribution in [3.8, 4) is 17.8 Å². The standard InChI is InChI=1S/C33H44O9/c1-2-6-21-10-14-24(15-11-21)41-31-33(39)20-25(22-12-13-23-7-3-16-32(23,38)19-22)26(35)8-5-18-40-27(9-4-17-34)29(42-31)28(36)30(33)37/h2,10-15,22-23,25-31,34-39H,1,3-4,6-9,16-17,19-20H2/t22-,23-,25-,26+,27-,28-,29-,30+,31+,32-,33-/m1/s1. The lowest BCUT2D eigenvalue weighted by atomic mass is 9.67. The second-order valence-electron chi connectivity index (χ2n) is 12.4. The van der Waals surface area contributed by atoms with Gasteiger partial charge in [0.25, 0.3) is 0 Å². The summed E-state index contributed by atoms with van der Waals surface area (Å²) >= 11 is 0. The van der Waals surface area contributed by atoms with Crippen molar-refractivity contribution in [1.29, 1.82) is 0 Å². The van der Waals surface area contributed by atoms with Crippen LogP contribution in [-0.2, 0) is 15.9 Å². The SMILES string of the molecule is C=CCc1ccc(O[C@H]2O[C@H]3[C@@H](O)[C@H](O)[C@]2(O)C[C@H]([C@@H]2C=C[C@H]4CCC[C@@]4(O)C2)[C@@H](O)CC#CO[C@@H]3CCCO)cc1. The molecule has 6 N–H and O–H groups in total. The molecular formula is C33H44O9. The minimum absolute atomic E-state index is 0.0418. The van der Waals surface area contributed by atoms with Gasteiger partial charge in [-0.05, 0) is 80.9 Å². The van der Waals surface area contributed by atoms with Gasteiger partial charge in [-0.2, -0.15) is 0 Å². The van der Waals surface area contributed by atoms with Crippen molar-refractivity contribution in [3.05, 3.63) is 54.6 Å². The Bertz CT molecular complexity index is 1160. The molecule has 5 aliphatic rings. The molecule has 9 heteroatoms. The Labute approximate surface area is 247 Å². The molecule has 2 aliphatic carbocycles. The van der Waals surface area contributed by atoms with Crippen LogP contribution in [0.5, 0.6) is 5.75 Å². The lowest BCUT2D eigenvalue weighted by molar-refractivity contribution is -0.334. The molecule has 6 rings (SSSR count). The van der Waals surface area contributed by atoms with Gasteiger partial charge in [0, 0.05) is 18.9 Å². The van der Waals surface area contributed by atoms with Crippen LogP contribution in [0, 0.1) is 29.8 Å². The summed E-state index contributed by atoms with van der Waals surface area (Å²) in [4.78, 5) is 0. The molecule has 1 aromatic carbocycles. The maximum atomic E-state index is 12.2. The first kappa shape index (κ1) is 31.0. The van der Waals surface area contributed by atoms with Gasteiger partial charge in [-0.15, -0.1) is 6.58 Å². The molecule has 0 spiro atoms. The number of rotatable bonds is 8. The molecule has 2 fully saturated rings. The van der Waals surface area contributed by atoms with E-state index in [0.717, 1.165) is 18.4 Å². The Kier molecular flexibility index (Phi) is 9.65. The minimum atomic E-state index is -2.14. The van der Waals surface area contributed by atoms with Gasteiger partial charge in [0.1, 0.15) is 36.3 Å². The third kappa shape index (κ3) is 6.27. The number of aliphatic hydroxyl groups excluding tert-OH is 4. The van der Waals surface area contributed by atoms with Crippen LogP contribution in [0.25, 0.3) is 0 Å². The Hall–Kier alpha value is -2.42. The predicted molar refractivity (Wildman–Crippen MR) is 154 cm³/mol. The van der Waals surface area contributed by atoms with Crippen molar-refractivity contribution in [2.24, 2.45) is 17.8 Å². The average molecular weight is 585 g/mol. The van der Waals surface area contributed by atoms with Gasteiger partial charge < -0.3 is 44.8 Å². The van der Waals surface area contributed by atoms with Crippen LogP contribution in [0.4, 0.5) is 0 Å². The fraction of sp³-hybridized carbons (Fsp3) is 0.636. The van der Waals surface area contributed by atoms with Gasteiger partial charge in [-0.3, -0.25) is 0 Å². The number of hydrogen-bond acceptors (Lipinski definition) is 9. The van der Waals surface area contributed by atoms with Gasteiger partial charge in [0.2, 0.25) is 6.29 Å². The van der Waals surface area contributed by atoms with E-state index < -0.39 is 53.9 Å². The van der Waals surface area contributed by atoms with Crippen LogP contribution in [0.2, 0.25) is 0 Å². The van der Waals surface area contributed by atoms with Crippen LogP contribution in [-0.4, -0.2) is 85.3 Å². The normalized spacial score (nSPS) is 41.4. The quantitative estimate of drug-likeness (QED) is 0.199. The minimum Gasteiger partial charge on any atom is -0.462 e. The number of hydrogen-bond donors (Lipinski definition) is 6. The first-order chi connectivity index (χ1) is 20.2. The van der Waals surface area contributed by atoms with Crippen LogP contribution in [0.15, 0.2) is 49.1 Å². The highest BCUT2D eigenvalue weighted by Gasteiger charge is 2.60. The zero-order chi connectivity index (χ0) is 29.9. The lowest BCUT2D eigenvalue weighted by Gasteiger charge is -2.51. The van der Waals surface area contributed by atoms with Crippen molar-refractivity contribution in [2.45, 2.75) is 106 Å². The topological polar surface area (TPSA) is 149 Å². The first-order valence-corrected chi connectivity index (χ1v) is 15.1. The van der Waals surface area contributed by atoms with Crippen molar-refractivity contribution in [1.82, 2.24) is 0 Å². The van der Waals surface area contributed by atoms with Crippen LogP contribution in [0.3, 0.4) is 0 Å². The van der Waals surface area contributed by atoms with E-state index >= 15 is 0 Å². The number of aliphatic hydroxyl groups is 6. The van der Waals surface area contributed by atoms with Crippen LogP contribution in [0.1, 0.15) is 56.9 Å². The predicted octanol–water partition coefficient (Wildman–Crippen LogP) is 1.97. The Balaban J connectivity index is 1.52. The third-order valence-corrected chi connectivity index (χ3v) is 9.62. The summed E-state index contributed by atoms with van der Waals surface area (Å²) in [6.07, 6.45) is 4.67. The summed E-state index contributed by atoms with van der Waals surface area (Å²) in [6, 6.07) is 7.19. The Morgan fingerprint density at radius 2 is 1.88 bits per heavy atom. The Morgan fingerprint density at radius 3 is 2.62 bits per heavy atom. The summed E-state index contributed by atoms with van der Waals surface area (Å²) in [5, 5.41) is 67.4.